The summed E-state index contributed by atoms with van der Waals surface area (Å²) in [6.07, 6.45) is 4.42. The SMILES string of the molecule is C=NNC(=O)C1CC=CN(CC(=O)c2ccccc2)C1. The third kappa shape index (κ3) is 3.54. The van der Waals surface area contributed by atoms with Gasteiger partial charge in [-0.1, -0.05) is 36.4 Å². The average molecular weight is 271 g/mol. The van der Waals surface area contributed by atoms with Crippen LogP contribution in [0, 0.1) is 5.92 Å². The molecular weight excluding hydrogens is 254 g/mol. The predicted molar refractivity (Wildman–Crippen MR) is 77.3 cm³/mol. The minimum Gasteiger partial charge on any atom is -0.369 e. The van der Waals surface area contributed by atoms with E-state index < -0.39 is 0 Å². The van der Waals surface area contributed by atoms with Gasteiger partial charge in [0.05, 0.1) is 12.5 Å². The summed E-state index contributed by atoms with van der Waals surface area (Å²) in [4.78, 5) is 25.7. The zero-order chi connectivity index (χ0) is 14.4. The monoisotopic (exact) mass is 271 g/mol. The molecule has 1 aromatic rings. The van der Waals surface area contributed by atoms with Gasteiger partial charge in [0.15, 0.2) is 5.78 Å². The van der Waals surface area contributed by atoms with Crippen LogP contribution >= 0.6 is 0 Å². The lowest BCUT2D eigenvalue weighted by molar-refractivity contribution is -0.125. The molecule has 0 fully saturated rings. The van der Waals surface area contributed by atoms with Crippen molar-refractivity contribution in [1.29, 1.82) is 0 Å². The minimum atomic E-state index is -0.200. The van der Waals surface area contributed by atoms with Crippen molar-refractivity contribution in [2.75, 3.05) is 13.1 Å². The normalized spacial score (nSPS) is 17.6. The van der Waals surface area contributed by atoms with Gasteiger partial charge in [-0.05, 0) is 12.6 Å². The number of nitrogens with one attached hydrogen (secondary N) is 1. The highest BCUT2D eigenvalue weighted by molar-refractivity contribution is 5.97. The molecule has 5 nitrogen and oxygen atoms in total. The van der Waals surface area contributed by atoms with Crippen LogP contribution in [0.5, 0.6) is 0 Å². The number of ketones is 1. The number of nitrogens with zero attached hydrogens (tertiary/aromatic N) is 2. The molecular formula is C15H17N3O2. The fraction of sp³-hybridized carbons (Fsp3) is 0.267. The van der Waals surface area contributed by atoms with Gasteiger partial charge in [-0.2, -0.15) is 5.10 Å². The van der Waals surface area contributed by atoms with E-state index in [1.807, 2.05) is 35.4 Å². The molecule has 1 heterocycles. The number of Topliss-reactive ketones (excluding diaryl/α,β-unsaturated/α-hetero) is 1. The van der Waals surface area contributed by atoms with Crippen LogP contribution in [-0.4, -0.2) is 36.4 Å². The van der Waals surface area contributed by atoms with E-state index in [4.69, 9.17) is 0 Å². The fourth-order valence-electron chi connectivity index (χ4n) is 2.17. The summed E-state index contributed by atoms with van der Waals surface area (Å²) >= 11 is 0. The first-order chi connectivity index (χ1) is 9.70. The zero-order valence-corrected chi connectivity index (χ0v) is 11.2. The highest BCUT2D eigenvalue weighted by atomic mass is 16.2. The maximum absolute atomic E-state index is 12.1. The van der Waals surface area contributed by atoms with E-state index in [1.54, 1.807) is 12.1 Å². The third-order valence-corrected chi connectivity index (χ3v) is 3.19. The number of hydrazone groups is 1. The molecule has 20 heavy (non-hydrogen) atoms. The standard InChI is InChI=1S/C15H17N3O2/c1-16-17-15(20)13-8-5-9-18(10-13)11-14(19)12-6-3-2-4-7-12/h2-7,9,13H,1,8,10-11H2,(H,17,20). The Morgan fingerprint density at radius 2 is 2.10 bits per heavy atom. The largest absolute Gasteiger partial charge is 0.369 e. The number of hydrogen-bond donors (Lipinski definition) is 1. The molecule has 1 aliphatic heterocycles. The lowest BCUT2D eigenvalue weighted by atomic mass is 10.0. The van der Waals surface area contributed by atoms with Crippen molar-refractivity contribution in [3.63, 3.8) is 0 Å². The van der Waals surface area contributed by atoms with E-state index in [0.717, 1.165) is 0 Å². The lowest BCUT2D eigenvalue weighted by Gasteiger charge is -2.27. The van der Waals surface area contributed by atoms with Crippen molar-refractivity contribution >= 4 is 18.4 Å². The van der Waals surface area contributed by atoms with Crippen LogP contribution in [0.4, 0.5) is 0 Å². The number of rotatable bonds is 5. The molecule has 0 aliphatic carbocycles. The second kappa shape index (κ2) is 6.65. The number of hydrogen-bond acceptors (Lipinski definition) is 4. The molecule has 0 radical (unpaired) electrons. The Bertz CT molecular complexity index is 525. The average Bonchev–Trinajstić information content (AvgIpc) is 2.48. The molecule has 0 saturated heterocycles. The first-order valence-electron chi connectivity index (χ1n) is 6.45. The van der Waals surface area contributed by atoms with E-state index in [9.17, 15) is 9.59 Å². The number of amides is 1. The van der Waals surface area contributed by atoms with Gasteiger partial charge < -0.3 is 4.90 Å². The van der Waals surface area contributed by atoms with Gasteiger partial charge in [0.2, 0.25) is 5.91 Å². The molecule has 1 aliphatic rings. The summed E-state index contributed by atoms with van der Waals surface area (Å²) in [6.45, 7) is 4.01. The second-order valence-corrected chi connectivity index (χ2v) is 4.67. The summed E-state index contributed by atoms with van der Waals surface area (Å²) in [5.74, 6) is -0.325. The third-order valence-electron chi connectivity index (χ3n) is 3.19. The summed E-state index contributed by atoms with van der Waals surface area (Å²) in [6, 6.07) is 9.14. The molecule has 1 atom stereocenters. The Hall–Kier alpha value is -2.43. The maximum Gasteiger partial charge on any atom is 0.245 e. The highest BCUT2D eigenvalue weighted by Crippen LogP contribution is 2.15. The molecule has 0 aromatic heterocycles. The zero-order valence-electron chi connectivity index (χ0n) is 11.2. The molecule has 1 unspecified atom stereocenters. The first kappa shape index (κ1) is 14.0. The van der Waals surface area contributed by atoms with Crippen LogP contribution in [0.25, 0.3) is 0 Å². The molecule has 2 rings (SSSR count). The molecule has 0 spiro atoms. The Balaban J connectivity index is 1.95. The Labute approximate surface area is 118 Å². The molecule has 1 aromatic carbocycles. The van der Waals surface area contributed by atoms with E-state index in [1.165, 1.54) is 0 Å². The van der Waals surface area contributed by atoms with Crippen LogP contribution in [-0.2, 0) is 4.79 Å². The molecule has 104 valence electrons. The van der Waals surface area contributed by atoms with Crippen LogP contribution in [0.1, 0.15) is 16.8 Å². The second-order valence-electron chi connectivity index (χ2n) is 4.67. The molecule has 5 heteroatoms. The minimum absolute atomic E-state index is 0.0400. The van der Waals surface area contributed by atoms with Crippen LogP contribution in [0.2, 0.25) is 0 Å². The maximum atomic E-state index is 12.1. The van der Waals surface area contributed by atoms with Crippen molar-refractivity contribution in [2.45, 2.75) is 6.42 Å². The summed E-state index contributed by atoms with van der Waals surface area (Å²) in [5, 5.41) is 3.39. The molecule has 0 saturated carbocycles. The van der Waals surface area contributed by atoms with Gasteiger partial charge in [0, 0.05) is 18.8 Å². The van der Waals surface area contributed by atoms with Gasteiger partial charge in [-0.25, -0.2) is 5.43 Å². The van der Waals surface area contributed by atoms with E-state index in [0.29, 0.717) is 18.5 Å². The van der Waals surface area contributed by atoms with Crippen molar-refractivity contribution in [3.8, 4) is 0 Å². The van der Waals surface area contributed by atoms with Crippen LogP contribution < -0.4 is 5.43 Å². The smallest absolute Gasteiger partial charge is 0.245 e. The summed E-state index contributed by atoms with van der Waals surface area (Å²) in [5.41, 5.74) is 3.03. The van der Waals surface area contributed by atoms with Gasteiger partial charge in [-0.15, -0.1) is 0 Å². The Kier molecular flexibility index (Phi) is 4.65. The summed E-state index contributed by atoms with van der Waals surface area (Å²) < 4.78 is 0. The number of allylic oxidation sites excluding steroid dienone is 1. The fourth-order valence-corrected chi connectivity index (χ4v) is 2.17. The highest BCUT2D eigenvalue weighted by Gasteiger charge is 2.23. The number of carbonyl (C=O) groups excluding carboxylic acids is 2. The first-order valence-corrected chi connectivity index (χ1v) is 6.45. The van der Waals surface area contributed by atoms with Gasteiger partial charge in [0.1, 0.15) is 0 Å². The lowest BCUT2D eigenvalue weighted by Crippen LogP contribution is -2.39. The van der Waals surface area contributed by atoms with Crippen molar-refractivity contribution in [1.82, 2.24) is 10.3 Å². The number of carbonyl (C=O) groups is 2. The van der Waals surface area contributed by atoms with E-state index >= 15 is 0 Å². The van der Waals surface area contributed by atoms with Gasteiger partial charge in [0.25, 0.3) is 0 Å². The number of benzene rings is 1. The Morgan fingerprint density at radius 3 is 2.80 bits per heavy atom. The van der Waals surface area contributed by atoms with Gasteiger partial charge >= 0.3 is 0 Å². The van der Waals surface area contributed by atoms with Crippen molar-refractivity contribution < 1.29 is 9.59 Å². The van der Waals surface area contributed by atoms with E-state index in [-0.39, 0.29) is 24.2 Å². The topological polar surface area (TPSA) is 61.8 Å². The molecule has 0 bridgehead atoms. The van der Waals surface area contributed by atoms with Crippen molar-refractivity contribution in [3.05, 3.63) is 48.2 Å². The molecule has 1 amide bonds. The van der Waals surface area contributed by atoms with Crippen LogP contribution in [0.15, 0.2) is 47.7 Å². The van der Waals surface area contributed by atoms with Crippen LogP contribution in [0.3, 0.4) is 0 Å². The molecule has 1 N–H and O–H groups in total. The van der Waals surface area contributed by atoms with Crippen molar-refractivity contribution in [2.24, 2.45) is 11.0 Å². The van der Waals surface area contributed by atoms with E-state index in [2.05, 4.69) is 17.2 Å². The quantitative estimate of drug-likeness (QED) is 0.501. The Morgan fingerprint density at radius 1 is 1.35 bits per heavy atom. The summed E-state index contributed by atoms with van der Waals surface area (Å²) in [7, 11) is 0. The predicted octanol–water partition coefficient (Wildman–Crippen LogP) is 1.44. The van der Waals surface area contributed by atoms with Gasteiger partial charge in [-0.3, -0.25) is 9.59 Å².